The van der Waals surface area contributed by atoms with Crippen LogP contribution in [-0.2, 0) is 6.54 Å². The summed E-state index contributed by atoms with van der Waals surface area (Å²) in [6, 6.07) is 5.53. The van der Waals surface area contributed by atoms with Gasteiger partial charge in [-0.15, -0.1) is 0 Å². The highest BCUT2D eigenvalue weighted by atomic mass is 35.5. The zero-order chi connectivity index (χ0) is 14.0. The molecule has 0 spiro atoms. The SMILES string of the molecule is CC1CN(Cc2ccc(/C(N)=N/O)cc2Cl)CC1C. The first-order valence-corrected chi connectivity index (χ1v) is 6.87. The van der Waals surface area contributed by atoms with Crippen molar-refractivity contribution >= 4 is 17.4 Å². The van der Waals surface area contributed by atoms with Gasteiger partial charge >= 0.3 is 0 Å². The van der Waals surface area contributed by atoms with Crippen LogP contribution in [0.1, 0.15) is 25.0 Å². The van der Waals surface area contributed by atoms with Crippen molar-refractivity contribution in [3.05, 3.63) is 34.3 Å². The van der Waals surface area contributed by atoms with Gasteiger partial charge in [0, 0.05) is 30.2 Å². The molecular formula is C14H20ClN3O. The minimum atomic E-state index is 0.0804. The molecule has 3 N–H and O–H groups in total. The van der Waals surface area contributed by atoms with Crippen LogP contribution in [-0.4, -0.2) is 29.0 Å². The van der Waals surface area contributed by atoms with Crippen LogP contribution in [0.3, 0.4) is 0 Å². The standard InChI is InChI=1S/C14H20ClN3O/c1-9-6-18(7-10(9)2)8-12-4-3-11(5-13(12)15)14(16)17-19/h3-5,9-10,19H,6-8H2,1-2H3,(H2,16,17). The summed E-state index contributed by atoms with van der Waals surface area (Å²) in [5.74, 6) is 1.54. The maximum Gasteiger partial charge on any atom is 0.170 e. The zero-order valence-corrected chi connectivity index (χ0v) is 12.1. The lowest BCUT2D eigenvalue weighted by Gasteiger charge is -2.16. The average Bonchev–Trinajstić information content (AvgIpc) is 2.70. The Kier molecular flexibility index (Phi) is 4.32. The van der Waals surface area contributed by atoms with E-state index in [9.17, 15) is 0 Å². The molecule has 104 valence electrons. The van der Waals surface area contributed by atoms with Crippen LogP contribution >= 0.6 is 11.6 Å². The van der Waals surface area contributed by atoms with Gasteiger partial charge in [-0.2, -0.15) is 0 Å². The number of amidine groups is 1. The van der Waals surface area contributed by atoms with Gasteiger partial charge in [0.1, 0.15) is 0 Å². The first-order chi connectivity index (χ1) is 9.01. The van der Waals surface area contributed by atoms with Gasteiger partial charge in [0.05, 0.1) is 0 Å². The molecule has 2 rings (SSSR count). The second-order valence-electron chi connectivity index (χ2n) is 5.44. The Morgan fingerprint density at radius 2 is 2.05 bits per heavy atom. The van der Waals surface area contributed by atoms with Crippen LogP contribution in [0, 0.1) is 11.8 Å². The number of rotatable bonds is 3. The number of hydrogen-bond acceptors (Lipinski definition) is 3. The van der Waals surface area contributed by atoms with Crippen LogP contribution < -0.4 is 5.73 Å². The van der Waals surface area contributed by atoms with Gasteiger partial charge in [-0.25, -0.2) is 0 Å². The van der Waals surface area contributed by atoms with Gasteiger partial charge in [-0.05, 0) is 23.5 Å². The summed E-state index contributed by atoms with van der Waals surface area (Å²) < 4.78 is 0. The molecule has 1 saturated heterocycles. The predicted molar refractivity (Wildman–Crippen MR) is 77.6 cm³/mol. The van der Waals surface area contributed by atoms with Gasteiger partial charge in [-0.1, -0.05) is 42.7 Å². The molecule has 0 radical (unpaired) electrons. The highest BCUT2D eigenvalue weighted by Gasteiger charge is 2.26. The fourth-order valence-electron chi connectivity index (χ4n) is 2.51. The number of nitrogens with two attached hydrogens (primary N) is 1. The number of nitrogens with zero attached hydrogens (tertiary/aromatic N) is 2. The molecule has 1 aromatic rings. The molecule has 2 atom stereocenters. The minimum absolute atomic E-state index is 0.0804. The van der Waals surface area contributed by atoms with Crippen LogP contribution in [0.5, 0.6) is 0 Å². The van der Waals surface area contributed by atoms with Crippen LogP contribution in [0.2, 0.25) is 5.02 Å². The summed E-state index contributed by atoms with van der Waals surface area (Å²) in [5, 5.41) is 12.3. The smallest absolute Gasteiger partial charge is 0.170 e. The van der Waals surface area contributed by atoms with Gasteiger partial charge in [0.15, 0.2) is 5.84 Å². The van der Waals surface area contributed by atoms with Crippen molar-refractivity contribution in [1.82, 2.24) is 4.90 Å². The number of likely N-dealkylation sites (tertiary alicyclic amines) is 1. The molecule has 0 saturated carbocycles. The van der Waals surface area contributed by atoms with E-state index in [4.69, 9.17) is 22.5 Å². The summed E-state index contributed by atoms with van der Waals surface area (Å²) in [7, 11) is 0. The van der Waals surface area contributed by atoms with Gasteiger partial charge in [0.25, 0.3) is 0 Å². The highest BCUT2D eigenvalue weighted by Crippen LogP contribution is 2.26. The summed E-state index contributed by atoms with van der Waals surface area (Å²) in [5.41, 5.74) is 7.26. The Morgan fingerprint density at radius 3 is 2.58 bits per heavy atom. The third-order valence-electron chi connectivity index (χ3n) is 3.91. The molecule has 0 bridgehead atoms. The Bertz CT molecular complexity index is 480. The van der Waals surface area contributed by atoms with Crippen molar-refractivity contribution in [2.24, 2.45) is 22.7 Å². The number of hydrogen-bond donors (Lipinski definition) is 2. The van der Waals surface area contributed by atoms with Crippen molar-refractivity contribution in [3.8, 4) is 0 Å². The summed E-state index contributed by atoms with van der Waals surface area (Å²) in [6.07, 6.45) is 0. The maximum atomic E-state index is 8.65. The monoisotopic (exact) mass is 281 g/mol. The molecule has 0 aliphatic carbocycles. The van der Waals surface area contributed by atoms with Crippen LogP contribution in [0.15, 0.2) is 23.4 Å². The summed E-state index contributed by atoms with van der Waals surface area (Å²) in [6.45, 7) is 7.64. The molecule has 1 fully saturated rings. The molecule has 1 heterocycles. The Labute approximate surface area is 118 Å². The molecular weight excluding hydrogens is 262 g/mol. The largest absolute Gasteiger partial charge is 0.409 e. The number of halogens is 1. The fourth-order valence-corrected chi connectivity index (χ4v) is 2.75. The third kappa shape index (κ3) is 3.19. The van der Waals surface area contributed by atoms with Crippen molar-refractivity contribution < 1.29 is 5.21 Å². The van der Waals surface area contributed by atoms with Crippen LogP contribution in [0.4, 0.5) is 0 Å². The number of benzene rings is 1. The van der Waals surface area contributed by atoms with E-state index in [1.807, 2.05) is 12.1 Å². The lowest BCUT2D eigenvalue weighted by atomic mass is 10.0. The number of oxime groups is 1. The van der Waals surface area contributed by atoms with Crippen molar-refractivity contribution in [1.29, 1.82) is 0 Å². The molecule has 1 aliphatic heterocycles. The molecule has 4 nitrogen and oxygen atoms in total. The highest BCUT2D eigenvalue weighted by molar-refractivity contribution is 6.31. The second kappa shape index (κ2) is 5.80. The fraction of sp³-hybridized carbons (Fsp3) is 0.500. The Balaban J connectivity index is 2.10. The van der Waals surface area contributed by atoms with E-state index in [0.29, 0.717) is 10.6 Å². The molecule has 1 aliphatic rings. The van der Waals surface area contributed by atoms with Crippen LogP contribution in [0.25, 0.3) is 0 Å². The lowest BCUT2D eigenvalue weighted by Crippen LogP contribution is -2.20. The Hall–Kier alpha value is -1.26. The van der Waals surface area contributed by atoms with Gasteiger partial charge in [0.2, 0.25) is 0 Å². The first kappa shape index (κ1) is 14.2. The van der Waals surface area contributed by atoms with E-state index >= 15 is 0 Å². The van der Waals surface area contributed by atoms with E-state index < -0.39 is 0 Å². The molecule has 0 amide bonds. The molecule has 1 aromatic carbocycles. The van der Waals surface area contributed by atoms with E-state index in [1.54, 1.807) is 6.07 Å². The van der Waals surface area contributed by atoms with Crippen molar-refractivity contribution in [2.75, 3.05) is 13.1 Å². The maximum absolute atomic E-state index is 8.65. The minimum Gasteiger partial charge on any atom is -0.409 e. The van der Waals surface area contributed by atoms with E-state index in [1.165, 1.54) is 0 Å². The van der Waals surface area contributed by atoms with E-state index in [2.05, 4.69) is 23.9 Å². The normalized spacial score (nSPS) is 24.9. The summed E-state index contributed by atoms with van der Waals surface area (Å²) >= 11 is 6.26. The van der Waals surface area contributed by atoms with Gasteiger partial charge < -0.3 is 10.9 Å². The van der Waals surface area contributed by atoms with E-state index in [0.717, 1.165) is 37.0 Å². The third-order valence-corrected chi connectivity index (χ3v) is 4.27. The quantitative estimate of drug-likeness (QED) is 0.387. The molecule has 19 heavy (non-hydrogen) atoms. The molecule has 5 heteroatoms. The Morgan fingerprint density at radius 1 is 1.42 bits per heavy atom. The topological polar surface area (TPSA) is 61.8 Å². The summed E-state index contributed by atoms with van der Waals surface area (Å²) in [4.78, 5) is 2.42. The molecule has 2 unspecified atom stereocenters. The average molecular weight is 282 g/mol. The second-order valence-corrected chi connectivity index (χ2v) is 5.85. The van der Waals surface area contributed by atoms with Crippen molar-refractivity contribution in [3.63, 3.8) is 0 Å². The van der Waals surface area contributed by atoms with Crippen molar-refractivity contribution in [2.45, 2.75) is 20.4 Å². The van der Waals surface area contributed by atoms with Gasteiger partial charge in [-0.3, -0.25) is 4.90 Å². The predicted octanol–water partition coefficient (Wildman–Crippen LogP) is 2.52. The lowest BCUT2D eigenvalue weighted by molar-refractivity contribution is 0.316. The van der Waals surface area contributed by atoms with E-state index in [-0.39, 0.29) is 5.84 Å². The molecule has 0 aromatic heterocycles. The zero-order valence-electron chi connectivity index (χ0n) is 11.3. The first-order valence-electron chi connectivity index (χ1n) is 6.50.